The molecule has 0 fully saturated rings. The minimum Gasteiger partial charge on any atom is -0.504 e. The second kappa shape index (κ2) is 6.70. The van der Waals surface area contributed by atoms with Gasteiger partial charge in [0.2, 0.25) is 0 Å². The number of anilines is 1. The van der Waals surface area contributed by atoms with Crippen LogP contribution in [0.2, 0.25) is 0 Å². The minimum atomic E-state index is -1.02. The van der Waals surface area contributed by atoms with Crippen LogP contribution in [0.15, 0.2) is 18.5 Å². The van der Waals surface area contributed by atoms with Crippen LogP contribution in [0.3, 0.4) is 0 Å². The van der Waals surface area contributed by atoms with E-state index in [1.54, 1.807) is 26.0 Å². The van der Waals surface area contributed by atoms with Crippen LogP contribution in [0.4, 0.5) is 5.82 Å². The number of phenolic OH excluding ortho intramolecular Hbond substituents is 1. The summed E-state index contributed by atoms with van der Waals surface area (Å²) in [4.78, 5) is 10.9. The molecule has 3 aromatic rings. The maximum absolute atomic E-state index is 10.4. The molecule has 0 atom stereocenters. The van der Waals surface area contributed by atoms with E-state index in [0.29, 0.717) is 23.5 Å². The summed E-state index contributed by atoms with van der Waals surface area (Å²) in [5.41, 5.74) is 2.34. The molecule has 4 rings (SSSR count). The van der Waals surface area contributed by atoms with Gasteiger partial charge in [-0.05, 0) is 19.9 Å². The Morgan fingerprint density at radius 3 is 2.74 bits per heavy atom. The summed E-state index contributed by atoms with van der Waals surface area (Å²) < 4.78 is 5.23. The molecule has 1 aliphatic heterocycles. The third-order valence-corrected chi connectivity index (χ3v) is 4.73. The van der Waals surface area contributed by atoms with E-state index in [4.69, 9.17) is 4.74 Å². The van der Waals surface area contributed by atoms with Crippen LogP contribution in [0.25, 0.3) is 10.9 Å². The Balaban J connectivity index is 0.00000210. The van der Waals surface area contributed by atoms with Crippen molar-refractivity contribution in [2.75, 3.05) is 18.6 Å². The first-order valence-corrected chi connectivity index (χ1v) is 8.44. The Bertz CT molecular complexity index is 977. The molecule has 2 aromatic heterocycles. The van der Waals surface area contributed by atoms with Crippen LogP contribution in [0, 0.1) is 0 Å². The van der Waals surface area contributed by atoms with Crippen molar-refractivity contribution in [1.82, 2.24) is 20.2 Å². The number of aromatic amines is 1. The van der Waals surface area contributed by atoms with Crippen molar-refractivity contribution < 1.29 is 14.9 Å². The van der Waals surface area contributed by atoms with Crippen LogP contribution in [0.5, 0.6) is 11.5 Å². The molecule has 144 valence electrons. The SMILES string of the molecule is C.COc1cc2c(N3CCc4[nH]nc(C(C)(C)O)c4C3)ncnc2cc1O. The van der Waals surface area contributed by atoms with Crippen LogP contribution in [-0.2, 0) is 18.6 Å². The zero-order valence-corrected chi connectivity index (χ0v) is 14.9. The van der Waals surface area contributed by atoms with Crippen molar-refractivity contribution in [2.45, 2.75) is 39.8 Å². The normalized spacial score (nSPS) is 14.0. The van der Waals surface area contributed by atoms with Gasteiger partial charge in [0.05, 0.1) is 18.3 Å². The molecule has 3 heterocycles. The Labute approximate surface area is 157 Å². The standard InChI is InChI=1S/C18H21N5O3.CH4/c1-18(2,25)16-11-8-23(5-4-12(11)21-22-16)17-10-6-15(26-3)14(24)7-13(10)19-9-20-17;/h6-7,9,24-25H,4-5,8H2,1-3H3,(H,21,22);1H4. The molecule has 0 saturated heterocycles. The van der Waals surface area contributed by atoms with Crippen molar-refractivity contribution in [3.8, 4) is 11.5 Å². The van der Waals surface area contributed by atoms with E-state index in [1.165, 1.54) is 13.4 Å². The molecule has 3 N–H and O–H groups in total. The number of aromatic nitrogens is 4. The summed E-state index contributed by atoms with van der Waals surface area (Å²) in [5, 5.41) is 28.5. The Kier molecular flexibility index (Phi) is 4.69. The summed E-state index contributed by atoms with van der Waals surface area (Å²) in [6.07, 6.45) is 2.27. The summed E-state index contributed by atoms with van der Waals surface area (Å²) in [5.74, 6) is 1.19. The quantitative estimate of drug-likeness (QED) is 0.649. The summed E-state index contributed by atoms with van der Waals surface area (Å²) in [6, 6.07) is 3.33. The Hall–Kier alpha value is -2.87. The molecule has 1 aliphatic rings. The molecule has 0 radical (unpaired) electrons. The van der Waals surface area contributed by atoms with Crippen LogP contribution < -0.4 is 9.64 Å². The van der Waals surface area contributed by atoms with E-state index < -0.39 is 5.60 Å². The molecule has 0 bridgehead atoms. The van der Waals surface area contributed by atoms with Gasteiger partial charge in [0.1, 0.15) is 17.7 Å². The number of nitrogens with zero attached hydrogens (tertiary/aromatic N) is 4. The lowest BCUT2D eigenvalue weighted by molar-refractivity contribution is 0.0727. The van der Waals surface area contributed by atoms with Gasteiger partial charge in [-0.25, -0.2) is 9.97 Å². The number of phenols is 1. The summed E-state index contributed by atoms with van der Waals surface area (Å²) in [7, 11) is 1.51. The van der Waals surface area contributed by atoms with Gasteiger partial charge in [0.15, 0.2) is 11.5 Å². The molecule has 0 unspecified atom stereocenters. The second-order valence-electron chi connectivity index (χ2n) is 7.00. The Morgan fingerprint density at radius 2 is 2.04 bits per heavy atom. The van der Waals surface area contributed by atoms with Crippen molar-refractivity contribution in [1.29, 1.82) is 0 Å². The highest BCUT2D eigenvalue weighted by atomic mass is 16.5. The van der Waals surface area contributed by atoms with Gasteiger partial charge in [-0.1, -0.05) is 7.43 Å². The molecule has 0 spiro atoms. The van der Waals surface area contributed by atoms with Crippen molar-refractivity contribution in [2.24, 2.45) is 0 Å². The number of hydrogen-bond acceptors (Lipinski definition) is 7. The number of fused-ring (bicyclic) bond motifs is 2. The number of H-pyrrole nitrogens is 1. The third-order valence-electron chi connectivity index (χ3n) is 4.73. The van der Waals surface area contributed by atoms with Gasteiger partial charge in [-0.3, -0.25) is 5.10 Å². The number of aliphatic hydroxyl groups is 1. The van der Waals surface area contributed by atoms with Gasteiger partial charge in [-0.15, -0.1) is 0 Å². The fourth-order valence-electron chi connectivity index (χ4n) is 3.46. The average molecular weight is 371 g/mol. The highest BCUT2D eigenvalue weighted by molar-refractivity contribution is 5.92. The smallest absolute Gasteiger partial charge is 0.161 e. The first kappa shape index (κ1) is 18.9. The predicted octanol–water partition coefficient (Wildman–Crippen LogP) is 2.49. The fraction of sp³-hybridized carbons (Fsp3) is 0.421. The maximum atomic E-state index is 10.4. The van der Waals surface area contributed by atoms with Gasteiger partial charge in [0, 0.05) is 42.2 Å². The number of hydrogen-bond donors (Lipinski definition) is 3. The van der Waals surface area contributed by atoms with Crippen molar-refractivity contribution >= 4 is 16.7 Å². The number of benzene rings is 1. The fourth-order valence-corrected chi connectivity index (χ4v) is 3.46. The average Bonchev–Trinajstić information content (AvgIpc) is 3.04. The maximum Gasteiger partial charge on any atom is 0.161 e. The first-order chi connectivity index (χ1) is 12.4. The lowest BCUT2D eigenvalue weighted by atomic mass is 9.96. The number of ether oxygens (including phenoxy) is 1. The molecular weight excluding hydrogens is 346 g/mol. The molecule has 8 nitrogen and oxygen atoms in total. The van der Waals surface area contributed by atoms with Gasteiger partial charge < -0.3 is 19.8 Å². The highest BCUT2D eigenvalue weighted by Gasteiger charge is 2.30. The highest BCUT2D eigenvalue weighted by Crippen LogP contribution is 2.36. The molecule has 0 saturated carbocycles. The summed E-state index contributed by atoms with van der Waals surface area (Å²) >= 11 is 0. The van der Waals surface area contributed by atoms with Crippen LogP contribution in [0.1, 0.15) is 38.2 Å². The number of aromatic hydroxyl groups is 1. The van der Waals surface area contributed by atoms with Gasteiger partial charge in [0.25, 0.3) is 0 Å². The zero-order valence-electron chi connectivity index (χ0n) is 14.9. The van der Waals surface area contributed by atoms with Crippen LogP contribution in [-0.4, -0.2) is 44.0 Å². The number of nitrogens with one attached hydrogen (secondary N) is 1. The Morgan fingerprint density at radius 1 is 1.26 bits per heavy atom. The molecule has 1 aromatic carbocycles. The lowest BCUT2D eigenvalue weighted by Crippen LogP contribution is -2.32. The van der Waals surface area contributed by atoms with E-state index in [0.717, 1.165) is 35.4 Å². The first-order valence-electron chi connectivity index (χ1n) is 8.44. The zero-order chi connectivity index (χ0) is 18.5. The van der Waals surface area contributed by atoms with E-state index >= 15 is 0 Å². The molecule has 0 aliphatic carbocycles. The molecule has 0 amide bonds. The van der Waals surface area contributed by atoms with Crippen LogP contribution >= 0.6 is 0 Å². The number of rotatable bonds is 3. The lowest BCUT2D eigenvalue weighted by Gasteiger charge is -2.30. The topological polar surface area (TPSA) is 107 Å². The van der Waals surface area contributed by atoms with Gasteiger partial charge in [-0.2, -0.15) is 5.10 Å². The number of methoxy groups -OCH3 is 1. The third kappa shape index (κ3) is 3.16. The van der Waals surface area contributed by atoms with E-state index in [9.17, 15) is 10.2 Å². The largest absolute Gasteiger partial charge is 0.504 e. The molecule has 27 heavy (non-hydrogen) atoms. The van der Waals surface area contributed by atoms with E-state index in [-0.39, 0.29) is 13.2 Å². The monoisotopic (exact) mass is 371 g/mol. The minimum absolute atomic E-state index is 0. The van der Waals surface area contributed by atoms with Gasteiger partial charge >= 0.3 is 0 Å². The van der Waals surface area contributed by atoms with E-state index in [2.05, 4.69) is 25.1 Å². The molecule has 8 heteroatoms. The van der Waals surface area contributed by atoms with Crippen molar-refractivity contribution in [3.63, 3.8) is 0 Å². The second-order valence-corrected chi connectivity index (χ2v) is 7.00. The molecular formula is C19H25N5O3. The van der Waals surface area contributed by atoms with E-state index in [1.807, 2.05) is 0 Å². The summed E-state index contributed by atoms with van der Waals surface area (Å²) in [6.45, 7) is 4.81. The van der Waals surface area contributed by atoms with Crippen molar-refractivity contribution in [3.05, 3.63) is 35.4 Å². The predicted molar refractivity (Wildman–Crippen MR) is 103 cm³/mol.